The van der Waals surface area contributed by atoms with Gasteiger partial charge in [0.2, 0.25) is 11.1 Å². The summed E-state index contributed by atoms with van der Waals surface area (Å²) in [5.74, 6) is 0.144. The number of carbonyl (C=O) groups excluding carboxylic acids is 1. The van der Waals surface area contributed by atoms with Crippen LogP contribution in [0, 0.1) is 0 Å². The molecule has 0 aliphatic rings. The zero-order valence-electron chi connectivity index (χ0n) is 15.3. The van der Waals surface area contributed by atoms with Crippen LogP contribution in [0.25, 0.3) is 22.1 Å². The molecule has 3 heterocycles. The summed E-state index contributed by atoms with van der Waals surface area (Å²) in [6.45, 7) is 1.93. The summed E-state index contributed by atoms with van der Waals surface area (Å²) in [6, 6.07) is 11.4. The van der Waals surface area contributed by atoms with Gasteiger partial charge in [-0.1, -0.05) is 48.5 Å². The van der Waals surface area contributed by atoms with Crippen molar-refractivity contribution in [1.29, 1.82) is 0 Å². The number of thioether (sulfide) groups is 1. The third-order valence-electron chi connectivity index (χ3n) is 4.40. The van der Waals surface area contributed by atoms with Gasteiger partial charge in [-0.25, -0.2) is 9.97 Å². The van der Waals surface area contributed by atoms with Crippen LogP contribution in [0.15, 0.2) is 47.8 Å². The van der Waals surface area contributed by atoms with Gasteiger partial charge in [0.25, 0.3) is 0 Å². The van der Waals surface area contributed by atoms with Crippen LogP contribution in [0.5, 0.6) is 0 Å². The maximum absolute atomic E-state index is 12.7. The van der Waals surface area contributed by atoms with Crippen LogP contribution in [0.2, 0.25) is 5.02 Å². The molecule has 9 heteroatoms. The first kappa shape index (κ1) is 18.6. The molecular weight excluding hydrogens is 396 g/mol. The highest BCUT2D eigenvalue weighted by atomic mass is 35.5. The molecule has 142 valence electrons. The Morgan fingerprint density at radius 1 is 1.25 bits per heavy atom. The molecule has 1 aromatic carbocycles. The van der Waals surface area contributed by atoms with Gasteiger partial charge in [-0.15, -0.1) is 10.2 Å². The van der Waals surface area contributed by atoms with Crippen LogP contribution in [0.1, 0.15) is 13.3 Å². The van der Waals surface area contributed by atoms with Crippen molar-refractivity contribution in [3.05, 3.63) is 47.6 Å². The lowest BCUT2D eigenvalue weighted by Gasteiger charge is -2.13. The Morgan fingerprint density at radius 3 is 2.86 bits per heavy atom. The quantitative estimate of drug-likeness (QED) is 0.497. The Balaban J connectivity index is 1.60. The average Bonchev–Trinajstić information content (AvgIpc) is 3.00. The maximum atomic E-state index is 12.7. The number of hydrogen-bond acceptors (Lipinski definition) is 6. The first-order valence-corrected chi connectivity index (χ1v) is 10.00. The van der Waals surface area contributed by atoms with Crippen LogP contribution in [-0.2, 0) is 11.8 Å². The fourth-order valence-corrected chi connectivity index (χ4v) is 3.95. The zero-order valence-corrected chi connectivity index (χ0v) is 16.8. The third kappa shape index (κ3) is 3.41. The maximum Gasteiger partial charge on any atom is 0.239 e. The number of nitrogens with one attached hydrogen (secondary N) is 1. The number of carbonyl (C=O) groups is 1. The van der Waals surface area contributed by atoms with Gasteiger partial charge in [0.1, 0.15) is 5.52 Å². The molecule has 1 atom stereocenters. The van der Waals surface area contributed by atoms with Gasteiger partial charge >= 0.3 is 0 Å². The third-order valence-corrected chi connectivity index (χ3v) is 5.92. The fraction of sp³-hybridized carbons (Fsp3) is 0.211. The lowest BCUT2D eigenvalue weighted by Crippen LogP contribution is -2.25. The van der Waals surface area contributed by atoms with Crippen molar-refractivity contribution in [3.8, 4) is 0 Å². The largest absolute Gasteiger partial charge is 0.327 e. The molecule has 1 amide bonds. The van der Waals surface area contributed by atoms with Gasteiger partial charge in [0, 0.05) is 18.6 Å². The lowest BCUT2D eigenvalue weighted by atomic mass is 10.2. The van der Waals surface area contributed by atoms with E-state index in [1.165, 1.54) is 11.8 Å². The lowest BCUT2D eigenvalue weighted by molar-refractivity contribution is -0.115. The van der Waals surface area contributed by atoms with Gasteiger partial charge < -0.3 is 9.88 Å². The number of hydrogen-bond donors (Lipinski definition) is 1. The van der Waals surface area contributed by atoms with Gasteiger partial charge in [0.05, 0.1) is 15.8 Å². The van der Waals surface area contributed by atoms with E-state index in [-0.39, 0.29) is 5.91 Å². The second kappa shape index (κ2) is 7.73. The zero-order chi connectivity index (χ0) is 19.7. The predicted molar refractivity (Wildman–Crippen MR) is 112 cm³/mol. The summed E-state index contributed by atoms with van der Waals surface area (Å²) < 4.78 is 1.98. The first-order valence-electron chi connectivity index (χ1n) is 8.74. The number of pyridine rings is 1. The average molecular weight is 413 g/mol. The van der Waals surface area contributed by atoms with Crippen molar-refractivity contribution in [1.82, 2.24) is 24.7 Å². The van der Waals surface area contributed by atoms with Gasteiger partial charge in [-0.2, -0.15) is 0 Å². The van der Waals surface area contributed by atoms with E-state index in [2.05, 4.69) is 25.5 Å². The molecule has 0 saturated heterocycles. The molecule has 0 radical (unpaired) electrons. The van der Waals surface area contributed by atoms with Crippen molar-refractivity contribution in [2.24, 2.45) is 7.05 Å². The van der Waals surface area contributed by atoms with E-state index in [1.807, 2.05) is 42.8 Å². The van der Waals surface area contributed by atoms with Gasteiger partial charge in [0.15, 0.2) is 11.5 Å². The van der Waals surface area contributed by atoms with Crippen LogP contribution in [0.4, 0.5) is 5.82 Å². The molecule has 0 saturated carbocycles. The number of nitrogens with zero attached hydrogens (tertiary/aromatic N) is 5. The number of anilines is 1. The molecule has 0 unspecified atom stereocenters. The first-order chi connectivity index (χ1) is 13.6. The molecule has 0 aliphatic carbocycles. The molecule has 3 aromatic heterocycles. The Kier molecular flexibility index (Phi) is 5.15. The summed E-state index contributed by atoms with van der Waals surface area (Å²) in [5.41, 5.74) is 2.53. The molecule has 0 spiro atoms. The highest BCUT2D eigenvalue weighted by Gasteiger charge is 2.22. The topological polar surface area (TPSA) is 85.6 Å². The van der Waals surface area contributed by atoms with Crippen molar-refractivity contribution in [2.75, 3.05) is 5.32 Å². The molecule has 28 heavy (non-hydrogen) atoms. The monoisotopic (exact) mass is 412 g/mol. The Bertz CT molecular complexity index is 1180. The van der Waals surface area contributed by atoms with E-state index in [0.717, 1.165) is 22.1 Å². The van der Waals surface area contributed by atoms with E-state index in [9.17, 15) is 4.79 Å². The van der Waals surface area contributed by atoms with Crippen molar-refractivity contribution >= 4 is 57.2 Å². The van der Waals surface area contributed by atoms with E-state index in [1.54, 1.807) is 18.3 Å². The van der Waals surface area contributed by atoms with Crippen LogP contribution in [-0.4, -0.2) is 35.9 Å². The molecule has 1 N–H and O–H groups in total. The summed E-state index contributed by atoms with van der Waals surface area (Å²) in [5, 5.41) is 12.8. The number of fused-ring (bicyclic) bond motifs is 3. The normalized spacial score (nSPS) is 12.4. The number of benzene rings is 1. The highest BCUT2D eigenvalue weighted by molar-refractivity contribution is 8.00. The van der Waals surface area contributed by atoms with Crippen molar-refractivity contribution < 1.29 is 4.79 Å². The van der Waals surface area contributed by atoms with Crippen LogP contribution >= 0.6 is 23.4 Å². The standard InChI is InChI=1S/C19H17ClN6OS/c1-3-14(18(27)22-16-12(20)8-6-10-21-16)28-19-23-17-15(24-25-19)11-7-4-5-9-13(11)26(17)2/h4-10,14H,3H2,1-2H3,(H,21,22,27)/t14-/m1/s1. The molecule has 4 aromatic rings. The molecule has 7 nitrogen and oxygen atoms in total. The highest BCUT2D eigenvalue weighted by Crippen LogP contribution is 2.28. The summed E-state index contributed by atoms with van der Waals surface area (Å²) in [7, 11) is 1.95. The summed E-state index contributed by atoms with van der Waals surface area (Å²) in [6.07, 6.45) is 2.17. The summed E-state index contributed by atoms with van der Waals surface area (Å²) in [4.78, 5) is 21.4. The minimum absolute atomic E-state index is 0.200. The van der Waals surface area contributed by atoms with Crippen molar-refractivity contribution in [3.63, 3.8) is 0 Å². The number of aromatic nitrogens is 5. The van der Waals surface area contributed by atoms with Crippen LogP contribution < -0.4 is 5.32 Å². The second-order valence-corrected chi connectivity index (χ2v) is 7.76. The number of halogens is 1. The Hall–Kier alpha value is -2.71. The van der Waals surface area contributed by atoms with Crippen LogP contribution in [0.3, 0.4) is 0 Å². The number of para-hydroxylation sites is 1. The molecule has 0 aliphatic heterocycles. The van der Waals surface area contributed by atoms with E-state index in [4.69, 9.17) is 11.6 Å². The second-order valence-electron chi connectivity index (χ2n) is 6.18. The SMILES string of the molecule is CC[C@@H](Sc1nnc2c3ccccc3n(C)c2n1)C(=O)Nc1ncccc1Cl. The fourth-order valence-electron chi connectivity index (χ4n) is 2.97. The van der Waals surface area contributed by atoms with Crippen molar-refractivity contribution in [2.45, 2.75) is 23.8 Å². The minimum Gasteiger partial charge on any atom is -0.327 e. The number of aryl methyl sites for hydroxylation is 1. The smallest absolute Gasteiger partial charge is 0.239 e. The molecular formula is C19H17ClN6OS. The van der Waals surface area contributed by atoms with E-state index in [0.29, 0.717) is 22.4 Å². The molecule has 0 fully saturated rings. The Morgan fingerprint density at radius 2 is 2.07 bits per heavy atom. The Labute approximate surface area is 170 Å². The van der Waals surface area contributed by atoms with Gasteiger partial charge in [-0.05, 0) is 24.6 Å². The molecule has 0 bridgehead atoms. The van der Waals surface area contributed by atoms with E-state index >= 15 is 0 Å². The number of amides is 1. The number of rotatable bonds is 5. The van der Waals surface area contributed by atoms with Gasteiger partial charge in [-0.3, -0.25) is 4.79 Å². The molecule has 4 rings (SSSR count). The van der Waals surface area contributed by atoms with E-state index < -0.39 is 5.25 Å². The minimum atomic E-state index is -0.396. The summed E-state index contributed by atoms with van der Waals surface area (Å²) >= 11 is 7.35. The predicted octanol–water partition coefficient (Wildman–Crippen LogP) is 4.07.